The van der Waals surface area contributed by atoms with Gasteiger partial charge in [0.2, 0.25) is 5.91 Å². The summed E-state index contributed by atoms with van der Waals surface area (Å²) >= 11 is 1.71. The molecule has 1 amide bonds. The molecule has 2 saturated heterocycles. The fourth-order valence-corrected chi connectivity index (χ4v) is 5.51. The van der Waals surface area contributed by atoms with Crippen molar-refractivity contribution < 1.29 is 9.90 Å². The summed E-state index contributed by atoms with van der Waals surface area (Å²) in [4.78, 5) is 24.5. The fourth-order valence-electron chi connectivity index (χ4n) is 4.51. The highest BCUT2D eigenvalue weighted by atomic mass is 32.1. The first kappa shape index (κ1) is 19.2. The van der Waals surface area contributed by atoms with Gasteiger partial charge >= 0.3 is 0 Å². The van der Waals surface area contributed by atoms with E-state index in [4.69, 9.17) is 4.98 Å². The lowest BCUT2D eigenvalue weighted by molar-refractivity contribution is -0.136. The van der Waals surface area contributed by atoms with Gasteiger partial charge in [-0.3, -0.25) is 4.79 Å². The SMILES string of the molecule is O=C(C1CCCN(c2nc3ccccc3s2)C1)N1CCN(c2ccccc2O)CC1. The Balaban J connectivity index is 1.22. The van der Waals surface area contributed by atoms with Crippen LogP contribution in [-0.2, 0) is 4.79 Å². The van der Waals surface area contributed by atoms with Crippen LogP contribution in [0.3, 0.4) is 0 Å². The van der Waals surface area contributed by atoms with Crippen LogP contribution < -0.4 is 9.80 Å². The molecule has 30 heavy (non-hydrogen) atoms. The first-order valence-electron chi connectivity index (χ1n) is 10.6. The zero-order chi connectivity index (χ0) is 20.5. The normalized spacial score (nSPS) is 20.0. The molecule has 0 radical (unpaired) electrons. The summed E-state index contributed by atoms with van der Waals surface area (Å²) in [5.41, 5.74) is 1.88. The number of fused-ring (bicyclic) bond motifs is 1. The lowest BCUT2D eigenvalue weighted by Gasteiger charge is -2.39. The molecule has 156 valence electrons. The van der Waals surface area contributed by atoms with Crippen LogP contribution in [0.4, 0.5) is 10.8 Å². The number of aromatic nitrogens is 1. The fraction of sp³-hybridized carbons (Fsp3) is 0.391. The first-order chi connectivity index (χ1) is 14.7. The number of hydrogen-bond acceptors (Lipinski definition) is 6. The van der Waals surface area contributed by atoms with E-state index < -0.39 is 0 Å². The van der Waals surface area contributed by atoms with E-state index in [1.165, 1.54) is 4.70 Å². The number of carbonyl (C=O) groups excluding carboxylic acids is 1. The molecule has 2 aliphatic rings. The van der Waals surface area contributed by atoms with Crippen molar-refractivity contribution in [3.8, 4) is 5.75 Å². The molecule has 2 fully saturated rings. The quantitative estimate of drug-likeness (QED) is 0.699. The third kappa shape index (κ3) is 3.69. The number of hydrogen-bond donors (Lipinski definition) is 1. The molecular weight excluding hydrogens is 396 g/mol. The van der Waals surface area contributed by atoms with E-state index in [0.29, 0.717) is 18.8 Å². The Hall–Kier alpha value is -2.80. The highest BCUT2D eigenvalue weighted by Crippen LogP contribution is 2.32. The Kier molecular flexibility index (Phi) is 5.21. The van der Waals surface area contributed by atoms with E-state index in [9.17, 15) is 9.90 Å². The van der Waals surface area contributed by atoms with Gasteiger partial charge in [-0.05, 0) is 37.1 Å². The number of amides is 1. The van der Waals surface area contributed by atoms with Crippen LogP contribution in [0.1, 0.15) is 12.8 Å². The second kappa shape index (κ2) is 8.14. The highest BCUT2D eigenvalue weighted by Gasteiger charge is 2.32. The Morgan fingerprint density at radius 3 is 2.53 bits per heavy atom. The standard InChI is InChI=1S/C23H26N4O2S/c28-20-9-3-2-8-19(20)25-12-14-26(15-13-25)22(29)17-6-5-11-27(16-17)23-24-18-7-1-4-10-21(18)30-23/h1-4,7-10,17,28H,5-6,11-16H2. The Morgan fingerprint density at radius 2 is 1.73 bits per heavy atom. The van der Waals surface area contributed by atoms with Gasteiger partial charge in [-0.15, -0.1) is 0 Å². The number of anilines is 2. The predicted molar refractivity (Wildman–Crippen MR) is 121 cm³/mol. The Morgan fingerprint density at radius 1 is 0.967 bits per heavy atom. The number of phenols is 1. The molecule has 3 aromatic rings. The summed E-state index contributed by atoms with van der Waals surface area (Å²) < 4.78 is 1.20. The highest BCUT2D eigenvalue weighted by molar-refractivity contribution is 7.22. The maximum Gasteiger partial charge on any atom is 0.227 e. The lowest BCUT2D eigenvalue weighted by Crippen LogP contribution is -2.52. The number of piperazine rings is 1. The number of benzene rings is 2. The molecule has 2 aromatic carbocycles. The van der Waals surface area contributed by atoms with Gasteiger partial charge in [0.25, 0.3) is 0 Å². The van der Waals surface area contributed by atoms with Crippen molar-refractivity contribution in [3.63, 3.8) is 0 Å². The van der Waals surface area contributed by atoms with Gasteiger partial charge in [-0.25, -0.2) is 4.98 Å². The van der Waals surface area contributed by atoms with Gasteiger partial charge in [0.1, 0.15) is 5.75 Å². The molecule has 2 aliphatic heterocycles. The molecular formula is C23H26N4O2S. The van der Waals surface area contributed by atoms with Gasteiger partial charge in [0, 0.05) is 39.3 Å². The minimum absolute atomic E-state index is 0.0300. The van der Waals surface area contributed by atoms with Crippen LogP contribution >= 0.6 is 11.3 Å². The van der Waals surface area contributed by atoms with Gasteiger partial charge in [0.05, 0.1) is 21.8 Å². The molecule has 1 atom stereocenters. The summed E-state index contributed by atoms with van der Waals surface area (Å²) in [5, 5.41) is 11.1. The summed E-state index contributed by atoms with van der Waals surface area (Å²) in [6.07, 6.45) is 1.96. The van der Waals surface area contributed by atoms with Crippen LogP contribution in [0.25, 0.3) is 10.2 Å². The molecule has 0 bridgehead atoms. The molecule has 0 aliphatic carbocycles. The second-order valence-corrected chi connectivity index (χ2v) is 9.06. The molecule has 1 unspecified atom stereocenters. The number of rotatable bonds is 3. The van der Waals surface area contributed by atoms with Crippen molar-refractivity contribution in [3.05, 3.63) is 48.5 Å². The Bertz CT molecular complexity index is 1010. The van der Waals surface area contributed by atoms with E-state index in [0.717, 1.165) is 55.4 Å². The Labute approximate surface area is 180 Å². The summed E-state index contributed by atoms with van der Waals surface area (Å²) in [5.74, 6) is 0.594. The van der Waals surface area contributed by atoms with Crippen molar-refractivity contribution in [2.24, 2.45) is 5.92 Å². The van der Waals surface area contributed by atoms with E-state index >= 15 is 0 Å². The minimum atomic E-state index is 0.0300. The third-order valence-corrected chi connectivity index (χ3v) is 7.23. The smallest absolute Gasteiger partial charge is 0.227 e. The van der Waals surface area contributed by atoms with Crippen molar-refractivity contribution in [1.29, 1.82) is 0 Å². The van der Waals surface area contributed by atoms with Crippen LogP contribution in [-0.4, -0.2) is 60.2 Å². The predicted octanol–water partition coefficient (Wildman–Crippen LogP) is 3.57. The monoisotopic (exact) mass is 422 g/mol. The van der Waals surface area contributed by atoms with Crippen LogP contribution in [0, 0.1) is 5.92 Å². The van der Waals surface area contributed by atoms with Gasteiger partial charge < -0.3 is 19.8 Å². The molecule has 1 aromatic heterocycles. The van der Waals surface area contributed by atoms with E-state index in [-0.39, 0.29) is 11.8 Å². The van der Waals surface area contributed by atoms with E-state index in [2.05, 4.69) is 15.9 Å². The second-order valence-electron chi connectivity index (χ2n) is 8.05. The van der Waals surface area contributed by atoms with Crippen LogP contribution in [0.2, 0.25) is 0 Å². The van der Waals surface area contributed by atoms with Crippen LogP contribution in [0.15, 0.2) is 48.5 Å². The summed E-state index contributed by atoms with van der Waals surface area (Å²) in [7, 11) is 0. The number of carbonyl (C=O) groups is 1. The zero-order valence-corrected chi connectivity index (χ0v) is 17.7. The molecule has 1 N–H and O–H groups in total. The molecule has 3 heterocycles. The van der Waals surface area contributed by atoms with E-state index in [1.807, 2.05) is 41.3 Å². The van der Waals surface area contributed by atoms with Gasteiger partial charge in [0.15, 0.2) is 5.13 Å². The largest absolute Gasteiger partial charge is 0.506 e. The first-order valence-corrected chi connectivity index (χ1v) is 11.4. The number of aromatic hydroxyl groups is 1. The topological polar surface area (TPSA) is 59.9 Å². The van der Waals surface area contributed by atoms with Gasteiger partial charge in [-0.1, -0.05) is 35.6 Å². The lowest BCUT2D eigenvalue weighted by atomic mass is 9.96. The molecule has 5 rings (SSSR count). The number of nitrogens with zero attached hydrogens (tertiary/aromatic N) is 4. The summed E-state index contributed by atoms with van der Waals surface area (Å²) in [6, 6.07) is 15.6. The average Bonchev–Trinajstić information content (AvgIpc) is 3.24. The number of piperidine rings is 1. The molecule has 0 spiro atoms. The molecule has 7 heteroatoms. The maximum absolute atomic E-state index is 13.2. The van der Waals surface area contributed by atoms with Crippen LogP contribution in [0.5, 0.6) is 5.75 Å². The average molecular weight is 423 g/mol. The molecule has 6 nitrogen and oxygen atoms in total. The van der Waals surface area contributed by atoms with Gasteiger partial charge in [-0.2, -0.15) is 0 Å². The minimum Gasteiger partial charge on any atom is -0.506 e. The van der Waals surface area contributed by atoms with Crippen molar-refractivity contribution >= 4 is 38.3 Å². The van der Waals surface area contributed by atoms with Crippen molar-refractivity contribution in [2.75, 3.05) is 49.1 Å². The zero-order valence-electron chi connectivity index (χ0n) is 16.9. The van der Waals surface area contributed by atoms with E-state index in [1.54, 1.807) is 17.4 Å². The van der Waals surface area contributed by atoms with Crippen molar-refractivity contribution in [2.45, 2.75) is 12.8 Å². The number of thiazole rings is 1. The number of para-hydroxylation sites is 3. The molecule has 0 saturated carbocycles. The maximum atomic E-state index is 13.2. The summed E-state index contributed by atoms with van der Waals surface area (Å²) in [6.45, 7) is 4.61. The number of phenolic OH excluding ortho intramolecular Hbond substituents is 1. The third-order valence-electron chi connectivity index (χ3n) is 6.14. The van der Waals surface area contributed by atoms with Crippen molar-refractivity contribution in [1.82, 2.24) is 9.88 Å².